The van der Waals surface area contributed by atoms with Gasteiger partial charge in [0, 0.05) is 5.39 Å². The largest absolute Gasteiger partial charge is 0.495 e. The van der Waals surface area contributed by atoms with Crippen LogP contribution in [0.4, 0.5) is 0 Å². The second-order valence-corrected chi connectivity index (χ2v) is 3.49. The van der Waals surface area contributed by atoms with E-state index in [1.54, 1.807) is 12.1 Å². The summed E-state index contributed by atoms with van der Waals surface area (Å²) < 4.78 is 5.13. The van der Waals surface area contributed by atoms with Gasteiger partial charge in [-0.15, -0.1) is 0 Å². The van der Waals surface area contributed by atoms with Gasteiger partial charge in [0.2, 0.25) is 0 Å². The molecule has 0 aliphatic rings. The Morgan fingerprint density at radius 2 is 2.12 bits per heavy atom. The average Bonchev–Trinajstić information content (AvgIpc) is 2.27. The average molecular weight is 217 g/mol. The predicted octanol–water partition coefficient (Wildman–Crippen LogP) is 1.74. The molecule has 0 saturated carbocycles. The van der Waals surface area contributed by atoms with Gasteiger partial charge in [0.05, 0.1) is 18.2 Å². The monoisotopic (exact) mass is 217 g/mol. The van der Waals surface area contributed by atoms with Gasteiger partial charge in [0.25, 0.3) is 5.56 Å². The number of rotatable bonds is 2. The van der Waals surface area contributed by atoms with Crippen LogP contribution in [0, 0.1) is 0 Å². The molecule has 2 rings (SSSR count). The van der Waals surface area contributed by atoms with E-state index in [1.807, 2.05) is 12.1 Å². The van der Waals surface area contributed by atoms with Crippen molar-refractivity contribution in [1.29, 1.82) is 0 Å². The zero-order chi connectivity index (χ0) is 11.7. The number of nitrogens with one attached hydrogen (secondary N) is 1. The van der Waals surface area contributed by atoms with E-state index in [1.165, 1.54) is 14.0 Å². The molecule has 0 radical (unpaired) electrons. The highest BCUT2D eigenvalue weighted by Gasteiger charge is 2.09. The van der Waals surface area contributed by atoms with Crippen LogP contribution >= 0.6 is 0 Å². The summed E-state index contributed by atoms with van der Waals surface area (Å²) in [6.45, 7) is 1.37. The van der Waals surface area contributed by atoms with Crippen molar-refractivity contribution in [2.24, 2.45) is 0 Å². The number of fused-ring (bicyclic) bond motifs is 1. The minimum Gasteiger partial charge on any atom is -0.495 e. The lowest BCUT2D eigenvalue weighted by Crippen LogP contribution is -2.15. The summed E-state index contributed by atoms with van der Waals surface area (Å²) >= 11 is 0. The molecule has 2 aromatic rings. The molecular weight excluding hydrogens is 206 g/mol. The van der Waals surface area contributed by atoms with Gasteiger partial charge in [-0.2, -0.15) is 0 Å². The number of benzene rings is 1. The number of pyridine rings is 1. The van der Waals surface area contributed by atoms with Crippen molar-refractivity contribution in [2.45, 2.75) is 6.92 Å². The molecule has 4 heteroatoms. The van der Waals surface area contributed by atoms with Crippen LogP contribution in [0.15, 0.2) is 29.1 Å². The third kappa shape index (κ3) is 1.58. The topological polar surface area (TPSA) is 59.2 Å². The van der Waals surface area contributed by atoms with Gasteiger partial charge in [-0.1, -0.05) is 12.1 Å². The smallest absolute Gasteiger partial charge is 0.259 e. The Balaban J connectivity index is 2.83. The van der Waals surface area contributed by atoms with Crippen molar-refractivity contribution in [1.82, 2.24) is 4.98 Å². The van der Waals surface area contributed by atoms with Crippen molar-refractivity contribution in [3.8, 4) is 5.75 Å². The van der Waals surface area contributed by atoms with Gasteiger partial charge in [-0.05, 0) is 19.1 Å². The van der Waals surface area contributed by atoms with Crippen LogP contribution < -0.4 is 10.3 Å². The zero-order valence-corrected chi connectivity index (χ0v) is 9.03. The predicted molar refractivity (Wildman–Crippen MR) is 61.1 cm³/mol. The quantitative estimate of drug-likeness (QED) is 0.779. The first kappa shape index (κ1) is 10.4. The number of aromatic nitrogens is 1. The number of para-hydroxylation sites is 1. The van der Waals surface area contributed by atoms with Crippen LogP contribution in [0.3, 0.4) is 0 Å². The molecule has 0 spiro atoms. The van der Waals surface area contributed by atoms with Gasteiger partial charge in [-0.3, -0.25) is 9.59 Å². The number of ether oxygens (including phenoxy) is 1. The number of hydrogen-bond acceptors (Lipinski definition) is 3. The van der Waals surface area contributed by atoms with Gasteiger partial charge < -0.3 is 9.72 Å². The first-order valence-electron chi connectivity index (χ1n) is 4.84. The summed E-state index contributed by atoms with van der Waals surface area (Å²) in [5.41, 5.74) is 0.394. The van der Waals surface area contributed by atoms with E-state index in [-0.39, 0.29) is 16.9 Å². The summed E-state index contributed by atoms with van der Waals surface area (Å²) in [5, 5.41) is 0.782. The summed E-state index contributed by atoms with van der Waals surface area (Å²) in [6, 6.07) is 6.97. The fourth-order valence-electron chi connectivity index (χ4n) is 1.64. The Bertz CT molecular complexity index is 613. The molecule has 1 aromatic heterocycles. The Labute approximate surface area is 91.9 Å². The van der Waals surface area contributed by atoms with E-state index >= 15 is 0 Å². The number of carbonyl (C=O) groups is 1. The first-order valence-corrected chi connectivity index (χ1v) is 4.84. The Morgan fingerprint density at radius 3 is 2.75 bits per heavy atom. The number of hydrogen-bond donors (Lipinski definition) is 1. The third-order valence-electron chi connectivity index (χ3n) is 2.44. The molecule has 0 saturated heterocycles. The minimum absolute atomic E-state index is 0.167. The van der Waals surface area contributed by atoms with Crippen LogP contribution in [0.25, 0.3) is 10.9 Å². The fourth-order valence-corrected chi connectivity index (χ4v) is 1.64. The van der Waals surface area contributed by atoms with Gasteiger partial charge in [0.15, 0.2) is 5.78 Å². The lowest BCUT2D eigenvalue weighted by atomic mass is 10.1. The molecule has 4 nitrogen and oxygen atoms in total. The number of carbonyl (C=O) groups excluding carboxylic acids is 1. The lowest BCUT2D eigenvalue weighted by molar-refractivity contribution is 0.101. The molecule has 16 heavy (non-hydrogen) atoms. The molecule has 0 aliphatic carbocycles. The SMILES string of the molecule is COc1cccc2cc(C(C)=O)c(=O)[nH]c12. The highest BCUT2D eigenvalue weighted by Crippen LogP contribution is 2.22. The van der Waals surface area contributed by atoms with Crippen LogP contribution in [0.1, 0.15) is 17.3 Å². The minimum atomic E-state index is -0.385. The lowest BCUT2D eigenvalue weighted by Gasteiger charge is -2.05. The maximum Gasteiger partial charge on any atom is 0.259 e. The second kappa shape index (κ2) is 3.81. The molecular formula is C12H11NO3. The van der Waals surface area contributed by atoms with Crippen molar-refractivity contribution in [3.05, 3.63) is 40.2 Å². The van der Waals surface area contributed by atoms with Gasteiger partial charge in [-0.25, -0.2) is 0 Å². The van der Waals surface area contributed by atoms with Crippen molar-refractivity contribution >= 4 is 16.7 Å². The maximum atomic E-state index is 11.6. The molecule has 0 fully saturated rings. The molecule has 82 valence electrons. The molecule has 0 aliphatic heterocycles. The van der Waals surface area contributed by atoms with Gasteiger partial charge in [0.1, 0.15) is 5.75 Å². The molecule has 0 bridgehead atoms. The van der Waals surface area contributed by atoms with Crippen molar-refractivity contribution in [3.63, 3.8) is 0 Å². The van der Waals surface area contributed by atoms with Crippen LogP contribution in [0.5, 0.6) is 5.75 Å². The number of methoxy groups -OCH3 is 1. The summed E-state index contributed by atoms with van der Waals surface area (Å²) in [6.07, 6.45) is 0. The molecule has 0 atom stereocenters. The Kier molecular flexibility index (Phi) is 2.48. The third-order valence-corrected chi connectivity index (χ3v) is 2.44. The molecule has 1 aromatic carbocycles. The number of aromatic amines is 1. The van der Waals surface area contributed by atoms with E-state index < -0.39 is 0 Å². The van der Waals surface area contributed by atoms with E-state index in [9.17, 15) is 9.59 Å². The maximum absolute atomic E-state index is 11.6. The molecule has 0 amide bonds. The normalized spacial score (nSPS) is 10.4. The van der Waals surface area contributed by atoms with Crippen molar-refractivity contribution < 1.29 is 9.53 Å². The number of H-pyrrole nitrogens is 1. The van der Waals surface area contributed by atoms with Gasteiger partial charge >= 0.3 is 0 Å². The second-order valence-electron chi connectivity index (χ2n) is 3.49. The number of ketones is 1. The van der Waals surface area contributed by atoms with E-state index in [0.29, 0.717) is 11.3 Å². The van der Waals surface area contributed by atoms with E-state index in [4.69, 9.17) is 4.74 Å². The molecule has 0 unspecified atom stereocenters. The van der Waals surface area contributed by atoms with E-state index in [2.05, 4.69) is 4.98 Å². The zero-order valence-electron chi connectivity index (χ0n) is 9.03. The fraction of sp³-hybridized carbons (Fsp3) is 0.167. The van der Waals surface area contributed by atoms with Crippen LogP contribution in [0.2, 0.25) is 0 Å². The van der Waals surface area contributed by atoms with Crippen LogP contribution in [-0.2, 0) is 0 Å². The summed E-state index contributed by atoms with van der Waals surface area (Å²) in [4.78, 5) is 25.5. The Hall–Kier alpha value is -2.10. The molecule has 1 heterocycles. The first-order chi connectivity index (χ1) is 7.63. The van der Waals surface area contributed by atoms with E-state index in [0.717, 1.165) is 5.39 Å². The number of Topliss-reactive ketones (excluding diaryl/α,β-unsaturated/α-hetero) is 1. The summed E-state index contributed by atoms with van der Waals surface area (Å²) in [5.74, 6) is 0.343. The van der Waals surface area contributed by atoms with Crippen LogP contribution in [-0.4, -0.2) is 17.9 Å². The summed E-state index contributed by atoms with van der Waals surface area (Å²) in [7, 11) is 1.53. The Morgan fingerprint density at radius 1 is 1.38 bits per heavy atom. The van der Waals surface area contributed by atoms with Crippen molar-refractivity contribution in [2.75, 3.05) is 7.11 Å². The standard InChI is InChI=1S/C12H11NO3/c1-7(14)9-6-8-4-3-5-10(16-2)11(8)13-12(9)15/h3-6H,1-2H3,(H,13,15). The highest BCUT2D eigenvalue weighted by molar-refractivity contribution is 5.97. The molecule has 1 N–H and O–H groups in total. The highest BCUT2D eigenvalue weighted by atomic mass is 16.5.